The second-order valence-corrected chi connectivity index (χ2v) is 5.11. The second kappa shape index (κ2) is 4.55. The normalized spacial score (nSPS) is 17.5. The Labute approximate surface area is 119 Å². The summed E-state index contributed by atoms with van der Waals surface area (Å²) in [5.41, 5.74) is 1.57. The molecule has 1 atom stereocenters. The van der Waals surface area contributed by atoms with Gasteiger partial charge in [0.25, 0.3) is 0 Å². The van der Waals surface area contributed by atoms with Crippen LogP contribution in [0.15, 0.2) is 36.4 Å². The van der Waals surface area contributed by atoms with E-state index in [0.717, 1.165) is 23.8 Å². The number of imidazole rings is 1. The van der Waals surface area contributed by atoms with Crippen molar-refractivity contribution in [3.8, 4) is 5.75 Å². The number of hydrogen-bond acceptors (Lipinski definition) is 2. The van der Waals surface area contributed by atoms with Crippen molar-refractivity contribution in [1.82, 2.24) is 9.97 Å². The molecule has 3 aromatic rings. The molecule has 5 heteroatoms. The molecule has 3 nitrogen and oxygen atoms in total. The molecule has 0 fully saturated rings. The number of rotatable bonds is 1. The molecule has 106 valence electrons. The van der Waals surface area contributed by atoms with Crippen LogP contribution in [-0.4, -0.2) is 16.6 Å². The number of H-pyrrole nitrogens is 1. The van der Waals surface area contributed by atoms with Gasteiger partial charge < -0.3 is 9.72 Å². The molecule has 0 bridgehead atoms. The van der Waals surface area contributed by atoms with Crippen LogP contribution in [0, 0.1) is 11.6 Å². The van der Waals surface area contributed by atoms with Crippen molar-refractivity contribution in [2.45, 2.75) is 12.3 Å². The highest BCUT2D eigenvalue weighted by Gasteiger charge is 2.26. The van der Waals surface area contributed by atoms with E-state index in [1.807, 2.05) is 24.3 Å². The average molecular weight is 286 g/mol. The van der Waals surface area contributed by atoms with E-state index < -0.39 is 11.6 Å². The number of fused-ring (bicyclic) bond motifs is 2. The lowest BCUT2D eigenvalue weighted by Crippen LogP contribution is -2.16. The zero-order valence-corrected chi connectivity index (χ0v) is 11.1. The van der Waals surface area contributed by atoms with E-state index in [9.17, 15) is 8.78 Å². The molecule has 0 spiro atoms. The minimum Gasteiger partial charge on any atom is -0.493 e. The lowest BCUT2D eigenvalue weighted by atomic mass is 9.92. The van der Waals surface area contributed by atoms with Crippen molar-refractivity contribution >= 4 is 11.0 Å². The SMILES string of the molecule is Fc1ccc2[nH]c(C3CCOc4ccccc43)nc2c1F. The van der Waals surface area contributed by atoms with Gasteiger partial charge >= 0.3 is 0 Å². The molecule has 0 amide bonds. The van der Waals surface area contributed by atoms with Gasteiger partial charge in [0.2, 0.25) is 0 Å². The van der Waals surface area contributed by atoms with Gasteiger partial charge in [0.15, 0.2) is 11.6 Å². The number of para-hydroxylation sites is 1. The number of nitrogens with one attached hydrogen (secondary N) is 1. The van der Waals surface area contributed by atoms with Crippen LogP contribution in [0.5, 0.6) is 5.75 Å². The molecule has 1 aliphatic rings. The van der Waals surface area contributed by atoms with Crippen molar-refractivity contribution in [3.05, 3.63) is 59.4 Å². The Balaban J connectivity index is 1.86. The molecule has 2 aromatic carbocycles. The van der Waals surface area contributed by atoms with Gasteiger partial charge in [-0.2, -0.15) is 0 Å². The Hall–Kier alpha value is -2.43. The zero-order chi connectivity index (χ0) is 14.4. The number of aromatic nitrogens is 2. The van der Waals surface area contributed by atoms with Crippen molar-refractivity contribution in [2.24, 2.45) is 0 Å². The number of nitrogens with zero attached hydrogens (tertiary/aromatic N) is 1. The summed E-state index contributed by atoms with van der Waals surface area (Å²) in [4.78, 5) is 7.37. The van der Waals surface area contributed by atoms with Gasteiger partial charge in [-0.1, -0.05) is 18.2 Å². The first-order chi connectivity index (χ1) is 10.2. The highest BCUT2D eigenvalue weighted by molar-refractivity contribution is 5.76. The van der Waals surface area contributed by atoms with Crippen molar-refractivity contribution in [2.75, 3.05) is 6.61 Å². The third kappa shape index (κ3) is 1.88. The zero-order valence-electron chi connectivity index (χ0n) is 11.1. The van der Waals surface area contributed by atoms with Crippen LogP contribution in [0.1, 0.15) is 23.7 Å². The minimum atomic E-state index is -0.907. The molecule has 1 aromatic heterocycles. The molecule has 0 radical (unpaired) electrons. The number of aromatic amines is 1. The summed E-state index contributed by atoms with van der Waals surface area (Å²) in [5.74, 6) is -0.320. The second-order valence-electron chi connectivity index (χ2n) is 5.11. The maximum absolute atomic E-state index is 13.8. The Morgan fingerprint density at radius 1 is 1.14 bits per heavy atom. The Morgan fingerprint density at radius 3 is 2.90 bits per heavy atom. The molecular weight excluding hydrogens is 274 g/mol. The maximum atomic E-state index is 13.8. The minimum absolute atomic E-state index is 0.00445. The van der Waals surface area contributed by atoms with Crippen molar-refractivity contribution in [1.29, 1.82) is 0 Å². The lowest BCUT2D eigenvalue weighted by molar-refractivity contribution is 0.275. The standard InChI is InChI=1S/C16H12F2N2O/c17-11-5-6-12-15(14(11)18)20-16(19-12)10-7-8-21-13-4-2-1-3-9(10)13/h1-6,10H,7-8H2,(H,19,20). The first kappa shape index (κ1) is 12.3. The van der Waals surface area contributed by atoms with E-state index >= 15 is 0 Å². The van der Waals surface area contributed by atoms with Gasteiger partial charge in [-0.25, -0.2) is 13.8 Å². The van der Waals surface area contributed by atoms with Crippen LogP contribution in [0.2, 0.25) is 0 Å². The van der Waals surface area contributed by atoms with Gasteiger partial charge in [0, 0.05) is 11.5 Å². The summed E-state index contributed by atoms with van der Waals surface area (Å²) >= 11 is 0. The van der Waals surface area contributed by atoms with Crippen LogP contribution >= 0.6 is 0 Å². The fraction of sp³-hybridized carbons (Fsp3) is 0.188. The predicted molar refractivity (Wildman–Crippen MR) is 74.4 cm³/mol. The van der Waals surface area contributed by atoms with E-state index in [1.54, 1.807) is 0 Å². The van der Waals surface area contributed by atoms with Gasteiger partial charge in [-0.05, 0) is 24.6 Å². The summed E-state index contributed by atoms with van der Waals surface area (Å²) in [6.45, 7) is 0.579. The summed E-state index contributed by atoms with van der Waals surface area (Å²) in [6, 6.07) is 10.3. The molecule has 1 aliphatic heterocycles. The van der Waals surface area contributed by atoms with E-state index in [-0.39, 0.29) is 11.4 Å². The average Bonchev–Trinajstić information content (AvgIpc) is 2.95. The molecule has 0 saturated carbocycles. The number of benzene rings is 2. The molecular formula is C16H12F2N2O. The quantitative estimate of drug-likeness (QED) is 0.739. The predicted octanol–water partition coefficient (Wildman–Crippen LogP) is 3.76. The maximum Gasteiger partial charge on any atom is 0.186 e. The monoisotopic (exact) mass is 286 g/mol. The van der Waals surface area contributed by atoms with E-state index in [1.165, 1.54) is 6.07 Å². The fourth-order valence-electron chi connectivity index (χ4n) is 2.83. The molecule has 2 heterocycles. The highest BCUT2D eigenvalue weighted by atomic mass is 19.2. The third-order valence-electron chi connectivity index (χ3n) is 3.85. The van der Waals surface area contributed by atoms with Crippen LogP contribution in [0.4, 0.5) is 8.78 Å². The summed E-state index contributed by atoms with van der Waals surface area (Å²) in [7, 11) is 0. The molecule has 1 N–H and O–H groups in total. The molecule has 21 heavy (non-hydrogen) atoms. The van der Waals surface area contributed by atoms with E-state index in [0.29, 0.717) is 17.9 Å². The number of hydrogen-bond donors (Lipinski definition) is 1. The number of halogens is 2. The molecule has 1 unspecified atom stereocenters. The Kier molecular flexibility index (Phi) is 2.67. The summed E-state index contributed by atoms with van der Waals surface area (Å²) < 4.78 is 32.7. The van der Waals surface area contributed by atoms with Crippen molar-refractivity contribution < 1.29 is 13.5 Å². The summed E-state index contributed by atoms with van der Waals surface area (Å²) in [6.07, 6.45) is 0.751. The number of ether oxygens (including phenoxy) is 1. The van der Waals surface area contributed by atoms with Crippen LogP contribution < -0.4 is 4.74 Å². The Bertz CT molecular complexity index is 828. The molecule has 0 saturated heterocycles. The lowest BCUT2D eigenvalue weighted by Gasteiger charge is -2.24. The van der Waals surface area contributed by atoms with Gasteiger partial charge in [-0.15, -0.1) is 0 Å². The van der Waals surface area contributed by atoms with Crippen molar-refractivity contribution in [3.63, 3.8) is 0 Å². The van der Waals surface area contributed by atoms with Gasteiger partial charge in [0.1, 0.15) is 17.1 Å². The van der Waals surface area contributed by atoms with Gasteiger partial charge in [0.05, 0.1) is 12.1 Å². The smallest absolute Gasteiger partial charge is 0.186 e. The van der Waals surface area contributed by atoms with Crippen LogP contribution in [0.25, 0.3) is 11.0 Å². The topological polar surface area (TPSA) is 37.9 Å². The fourth-order valence-corrected chi connectivity index (χ4v) is 2.83. The van der Waals surface area contributed by atoms with Crippen LogP contribution in [0.3, 0.4) is 0 Å². The largest absolute Gasteiger partial charge is 0.493 e. The van der Waals surface area contributed by atoms with Crippen LogP contribution in [-0.2, 0) is 0 Å². The highest BCUT2D eigenvalue weighted by Crippen LogP contribution is 2.37. The van der Waals surface area contributed by atoms with Gasteiger partial charge in [-0.3, -0.25) is 0 Å². The molecule has 0 aliphatic carbocycles. The first-order valence-corrected chi connectivity index (χ1v) is 6.79. The Morgan fingerprint density at radius 2 is 2.00 bits per heavy atom. The van der Waals surface area contributed by atoms with E-state index in [4.69, 9.17) is 4.74 Å². The summed E-state index contributed by atoms with van der Waals surface area (Å²) in [5, 5.41) is 0. The van der Waals surface area contributed by atoms with E-state index in [2.05, 4.69) is 9.97 Å². The molecule has 4 rings (SSSR count). The third-order valence-corrected chi connectivity index (χ3v) is 3.85. The first-order valence-electron chi connectivity index (χ1n) is 6.79.